The average molecular weight is 278 g/mol. The zero-order chi connectivity index (χ0) is 13.8. The zero-order valence-electron chi connectivity index (χ0n) is 11.7. The van der Waals surface area contributed by atoms with Crippen LogP contribution < -0.4 is 5.32 Å². The van der Waals surface area contributed by atoms with Crippen LogP contribution in [0, 0.1) is 6.92 Å². The third-order valence-corrected chi connectivity index (χ3v) is 3.64. The molecular formula is C15H20ClN3. The summed E-state index contributed by atoms with van der Waals surface area (Å²) >= 11 is 6.09. The maximum absolute atomic E-state index is 6.09. The number of benzene rings is 1. The number of nitrogens with one attached hydrogen (secondary N) is 1. The van der Waals surface area contributed by atoms with Crippen molar-refractivity contribution in [2.75, 3.05) is 6.54 Å². The molecule has 0 spiro atoms. The van der Waals surface area contributed by atoms with Gasteiger partial charge in [0.1, 0.15) is 0 Å². The van der Waals surface area contributed by atoms with Crippen molar-refractivity contribution in [2.45, 2.75) is 26.3 Å². The lowest BCUT2D eigenvalue weighted by Gasteiger charge is -2.18. The molecule has 0 bridgehead atoms. The van der Waals surface area contributed by atoms with Gasteiger partial charge in [-0.05, 0) is 36.7 Å². The molecule has 3 nitrogen and oxygen atoms in total. The first-order valence-corrected chi connectivity index (χ1v) is 6.96. The summed E-state index contributed by atoms with van der Waals surface area (Å²) in [6.45, 7) is 5.09. The van der Waals surface area contributed by atoms with Gasteiger partial charge in [0.15, 0.2) is 0 Å². The fourth-order valence-electron chi connectivity index (χ4n) is 2.22. The first-order valence-electron chi connectivity index (χ1n) is 6.58. The van der Waals surface area contributed by atoms with E-state index >= 15 is 0 Å². The molecule has 4 heteroatoms. The normalized spacial score (nSPS) is 12.6. The fourth-order valence-corrected chi connectivity index (χ4v) is 2.34. The minimum Gasteiger partial charge on any atom is -0.310 e. The third kappa shape index (κ3) is 3.58. The summed E-state index contributed by atoms with van der Waals surface area (Å²) in [7, 11) is 1.94. The van der Waals surface area contributed by atoms with Crippen LogP contribution in [0.4, 0.5) is 0 Å². The quantitative estimate of drug-likeness (QED) is 0.909. The maximum atomic E-state index is 6.09. The van der Waals surface area contributed by atoms with Gasteiger partial charge in [0.2, 0.25) is 0 Å². The van der Waals surface area contributed by atoms with Crippen molar-refractivity contribution in [1.29, 1.82) is 0 Å². The standard InChI is InChI=1S/C15H20ClN3/c1-4-17-15(10-13-7-8-19(3)18-13)12-5-6-14(16)11(2)9-12/h5-9,15,17H,4,10H2,1-3H3. The van der Waals surface area contributed by atoms with Gasteiger partial charge in [0.05, 0.1) is 5.69 Å². The molecule has 1 aromatic heterocycles. The van der Waals surface area contributed by atoms with Gasteiger partial charge in [-0.2, -0.15) is 5.10 Å². The van der Waals surface area contributed by atoms with E-state index in [1.54, 1.807) is 0 Å². The molecular weight excluding hydrogens is 258 g/mol. The molecule has 1 heterocycles. The number of aryl methyl sites for hydroxylation is 2. The number of rotatable bonds is 5. The van der Waals surface area contributed by atoms with E-state index in [0.717, 1.165) is 29.2 Å². The minimum absolute atomic E-state index is 0.274. The van der Waals surface area contributed by atoms with Crippen molar-refractivity contribution >= 4 is 11.6 Å². The van der Waals surface area contributed by atoms with Gasteiger partial charge in [-0.1, -0.05) is 30.7 Å². The summed E-state index contributed by atoms with van der Waals surface area (Å²) in [5, 5.41) is 8.78. The Bertz CT molecular complexity index is 548. The van der Waals surface area contributed by atoms with Crippen LogP contribution in [0.25, 0.3) is 0 Å². The summed E-state index contributed by atoms with van der Waals surface area (Å²) in [5.41, 5.74) is 3.47. The van der Waals surface area contributed by atoms with E-state index < -0.39 is 0 Å². The molecule has 0 saturated carbocycles. The Labute approximate surface area is 119 Å². The molecule has 0 saturated heterocycles. The highest BCUT2D eigenvalue weighted by Gasteiger charge is 2.13. The average Bonchev–Trinajstić information content (AvgIpc) is 2.78. The van der Waals surface area contributed by atoms with E-state index in [4.69, 9.17) is 11.6 Å². The lowest BCUT2D eigenvalue weighted by molar-refractivity contribution is 0.539. The predicted molar refractivity (Wildman–Crippen MR) is 79.5 cm³/mol. The Morgan fingerprint density at radius 2 is 2.16 bits per heavy atom. The smallest absolute Gasteiger partial charge is 0.0643 e. The SMILES string of the molecule is CCNC(Cc1ccn(C)n1)c1ccc(Cl)c(C)c1. The van der Waals surface area contributed by atoms with Gasteiger partial charge in [0, 0.05) is 30.7 Å². The highest BCUT2D eigenvalue weighted by atomic mass is 35.5. The number of hydrogen-bond acceptors (Lipinski definition) is 2. The van der Waals surface area contributed by atoms with E-state index in [-0.39, 0.29) is 6.04 Å². The van der Waals surface area contributed by atoms with Crippen LogP contribution in [-0.4, -0.2) is 16.3 Å². The number of halogens is 1. The number of aromatic nitrogens is 2. The summed E-state index contributed by atoms with van der Waals surface area (Å²) < 4.78 is 1.84. The van der Waals surface area contributed by atoms with Crippen LogP contribution in [0.1, 0.15) is 29.8 Å². The molecule has 2 aromatic rings. The molecule has 19 heavy (non-hydrogen) atoms. The third-order valence-electron chi connectivity index (χ3n) is 3.22. The van der Waals surface area contributed by atoms with E-state index in [1.165, 1.54) is 5.56 Å². The summed E-state index contributed by atoms with van der Waals surface area (Å²) in [6.07, 6.45) is 2.86. The van der Waals surface area contributed by atoms with Crippen molar-refractivity contribution in [3.63, 3.8) is 0 Å². The number of nitrogens with zero attached hydrogens (tertiary/aromatic N) is 2. The van der Waals surface area contributed by atoms with Gasteiger partial charge in [0.25, 0.3) is 0 Å². The first-order chi connectivity index (χ1) is 9.10. The van der Waals surface area contributed by atoms with E-state index in [1.807, 2.05) is 30.9 Å². The molecule has 0 aliphatic carbocycles. The molecule has 0 amide bonds. The van der Waals surface area contributed by atoms with E-state index in [2.05, 4.69) is 35.5 Å². The summed E-state index contributed by atoms with van der Waals surface area (Å²) in [6, 6.07) is 8.54. The minimum atomic E-state index is 0.274. The molecule has 0 fully saturated rings. The van der Waals surface area contributed by atoms with Gasteiger partial charge in [-0.25, -0.2) is 0 Å². The number of likely N-dealkylation sites (N-methyl/N-ethyl adjacent to an activating group) is 1. The molecule has 1 N–H and O–H groups in total. The van der Waals surface area contributed by atoms with Gasteiger partial charge >= 0.3 is 0 Å². The van der Waals surface area contributed by atoms with Gasteiger partial charge < -0.3 is 5.32 Å². The molecule has 2 rings (SSSR count). The van der Waals surface area contributed by atoms with Crippen LogP contribution in [0.15, 0.2) is 30.5 Å². The van der Waals surface area contributed by atoms with Crippen molar-refractivity contribution in [3.05, 3.63) is 52.3 Å². The Kier molecular flexibility index (Phi) is 4.61. The predicted octanol–water partition coefficient (Wildman–Crippen LogP) is 3.28. The second kappa shape index (κ2) is 6.22. The molecule has 1 unspecified atom stereocenters. The Balaban J connectivity index is 2.21. The molecule has 0 aliphatic rings. The Hall–Kier alpha value is -1.32. The Morgan fingerprint density at radius 1 is 1.37 bits per heavy atom. The lowest BCUT2D eigenvalue weighted by atomic mass is 10.00. The highest BCUT2D eigenvalue weighted by Crippen LogP contribution is 2.23. The lowest BCUT2D eigenvalue weighted by Crippen LogP contribution is -2.23. The second-order valence-corrected chi connectivity index (χ2v) is 5.21. The number of hydrogen-bond donors (Lipinski definition) is 1. The highest BCUT2D eigenvalue weighted by molar-refractivity contribution is 6.31. The monoisotopic (exact) mass is 277 g/mol. The molecule has 0 radical (unpaired) electrons. The van der Waals surface area contributed by atoms with Crippen LogP contribution in [0.2, 0.25) is 5.02 Å². The van der Waals surface area contributed by atoms with Gasteiger partial charge in [-0.3, -0.25) is 4.68 Å². The van der Waals surface area contributed by atoms with Gasteiger partial charge in [-0.15, -0.1) is 0 Å². The van der Waals surface area contributed by atoms with Crippen molar-refractivity contribution in [2.24, 2.45) is 7.05 Å². The van der Waals surface area contributed by atoms with Crippen molar-refractivity contribution < 1.29 is 0 Å². The molecule has 1 aromatic carbocycles. The van der Waals surface area contributed by atoms with Crippen LogP contribution in [0.3, 0.4) is 0 Å². The molecule has 102 valence electrons. The summed E-state index contributed by atoms with van der Waals surface area (Å²) in [4.78, 5) is 0. The summed E-state index contributed by atoms with van der Waals surface area (Å²) in [5.74, 6) is 0. The van der Waals surface area contributed by atoms with Crippen LogP contribution in [-0.2, 0) is 13.5 Å². The second-order valence-electron chi connectivity index (χ2n) is 4.80. The maximum Gasteiger partial charge on any atom is 0.0643 e. The van der Waals surface area contributed by atoms with Crippen LogP contribution in [0.5, 0.6) is 0 Å². The first kappa shape index (κ1) is 14.1. The van der Waals surface area contributed by atoms with Crippen LogP contribution >= 0.6 is 11.6 Å². The van der Waals surface area contributed by atoms with Crippen molar-refractivity contribution in [1.82, 2.24) is 15.1 Å². The topological polar surface area (TPSA) is 29.9 Å². The van der Waals surface area contributed by atoms with E-state index in [0.29, 0.717) is 0 Å². The fraction of sp³-hybridized carbons (Fsp3) is 0.400. The van der Waals surface area contributed by atoms with E-state index in [9.17, 15) is 0 Å². The van der Waals surface area contributed by atoms with Crippen molar-refractivity contribution in [3.8, 4) is 0 Å². The molecule has 1 atom stereocenters. The largest absolute Gasteiger partial charge is 0.310 e. The zero-order valence-corrected chi connectivity index (χ0v) is 12.4. The Morgan fingerprint density at radius 3 is 2.74 bits per heavy atom. The molecule has 0 aliphatic heterocycles.